The Morgan fingerprint density at radius 2 is 2.12 bits per heavy atom. The first-order valence-corrected chi connectivity index (χ1v) is 6.47. The van der Waals surface area contributed by atoms with E-state index in [-0.39, 0.29) is 18.7 Å². The molecule has 1 N–H and O–H groups in total. The second-order valence-electron chi connectivity index (χ2n) is 5.81. The van der Waals surface area contributed by atoms with Gasteiger partial charge in [0.15, 0.2) is 0 Å². The van der Waals surface area contributed by atoms with E-state index in [2.05, 4.69) is 6.92 Å². The molecule has 4 heteroatoms. The predicted molar refractivity (Wildman–Crippen MR) is 66.8 cm³/mol. The third kappa shape index (κ3) is 4.19. The maximum atomic E-state index is 12.0. The molecule has 1 heterocycles. The second-order valence-corrected chi connectivity index (χ2v) is 5.81. The Bertz CT molecular complexity index is 260. The zero-order chi connectivity index (χ0) is 13.1. The van der Waals surface area contributed by atoms with Gasteiger partial charge in [-0.1, -0.05) is 6.92 Å². The summed E-state index contributed by atoms with van der Waals surface area (Å²) in [5.74, 6) is 0.332. The van der Waals surface area contributed by atoms with E-state index < -0.39 is 5.60 Å². The zero-order valence-electron chi connectivity index (χ0n) is 11.4. The minimum atomic E-state index is -0.441. The van der Waals surface area contributed by atoms with Crippen molar-refractivity contribution >= 4 is 6.09 Å². The summed E-state index contributed by atoms with van der Waals surface area (Å²) in [5, 5.41) is 9.18. The minimum Gasteiger partial charge on any atom is -0.444 e. The molecule has 1 amide bonds. The molecule has 1 aliphatic heterocycles. The number of hydrogen-bond acceptors (Lipinski definition) is 3. The Balaban J connectivity index is 2.60. The maximum Gasteiger partial charge on any atom is 0.410 e. The van der Waals surface area contributed by atoms with Crippen LogP contribution in [-0.2, 0) is 4.74 Å². The van der Waals surface area contributed by atoms with Crippen molar-refractivity contribution in [1.82, 2.24) is 4.90 Å². The number of carbonyl (C=O) groups excluding carboxylic acids is 1. The van der Waals surface area contributed by atoms with E-state index in [1.165, 1.54) is 0 Å². The van der Waals surface area contributed by atoms with Crippen molar-refractivity contribution in [2.45, 2.75) is 58.6 Å². The Hall–Kier alpha value is -0.770. The van der Waals surface area contributed by atoms with Crippen molar-refractivity contribution in [3.63, 3.8) is 0 Å². The SMILES string of the molecule is CC[C@@H]1C[C@H](CO)CCN1C(=O)OC(C)(C)C. The van der Waals surface area contributed by atoms with Crippen LogP contribution >= 0.6 is 0 Å². The molecule has 0 bridgehead atoms. The van der Waals surface area contributed by atoms with Gasteiger partial charge in [0, 0.05) is 19.2 Å². The minimum absolute atomic E-state index is 0.204. The lowest BCUT2D eigenvalue weighted by Gasteiger charge is -2.39. The van der Waals surface area contributed by atoms with E-state index in [1.807, 2.05) is 25.7 Å². The number of carbonyl (C=O) groups is 1. The molecule has 1 fully saturated rings. The molecule has 0 saturated carbocycles. The van der Waals surface area contributed by atoms with Crippen LogP contribution in [0.4, 0.5) is 4.79 Å². The number of rotatable bonds is 2. The molecule has 0 unspecified atom stereocenters. The van der Waals surface area contributed by atoms with Gasteiger partial charge in [-0.05, 0) is 46.0 Å². The average molecular weight is 243 g/mol. The first-order valence-electron chi connectivity index (χ1n) is 6.47. The van der Waals surface area contributed by atoms with E-state index in [0.717, 1.165) is 19.3 Å². The molecule has 0 aromatic rings. The van der Waals surface area contributed by atoms with Gasteiger partial charge in [-0.3, -0.25) is 0 Å². The number of nitrogens with zero attached hydrogens (tertiary/aromatic N) is 1. The summed E-state index contributed by atoms with van der Waals surface area (Å²) in [6, 6.07) is 0.204. The van der Waals surface area contributed by atoms with Crippen molar-refractivity contribution in [2.75, 3.05) is 13.2 Å². The van der Waals surface area contributed by atoms with Crippen LogP contribution in [0.1, 0.15) is 47.0 Å². The molecule has 17 heavy (non-hydrogen) atoms. The Labute approximate surface area is 104 Å². The molecule has 0 spiro atoms. The first-order chi connectivity index (χ1) is 7.87. The van der Waals surface area contributed by atoms with Gasteiger partial charge in [0.2, 0.25) is 0 Å². The van der Waals surface area contributed by atoms with Crippen molar-refractivity contribution in [1.29, 1.82) is 0 Å². The monoisotopic (exact) mass is 243 g/mol. The Morgan fingerprint density at radius 1 is 1.47 bits per heavy atom. The van der Waals surface area contributed by atoms with Gasteiger partial charge < -0.3 is 14.7 Å². The highest BCUT2D eigenvalue weighted by Crippen LogP contribution is 2.26. The molecule has 0 aliphatic carbocycles. The molecule has 4 nitrogen and oxygen atoms in total. The topological polar surface area (TPSA) is 49.8 Å². The van der Waals surface area contributed by atoms with Crippen molar-refractivity contribution < 1.29 is 14.6 Å². The highest BCUT2D eigenvalue weighted by atomic mass is 16.6. The highest BCUT2D eigenvalue weighted by molar-refractivity contribution is 5.68. The lowest BCUT2D eigenvalue weighted by Crippen LogP contribution is -2.48. The van der Waals surface area contributed by atoms with E-state index in [4.69, 9.17) is 4.74 Å². The van der Waals surface area contributed by atoms with Crippen molar-refractivity contribution in [3.8, 4) is 0 Å². The van der Waals surface area contributed by atoms with Gasteiger partial charge in [0.1, 0.15) is 5.60 Å². The molecule has 2 atom stereocenters. The van der Waals surface area contributed by atoms with E-state index in [0.29, 0.717) is 12.5 Å². The molecule has 0 aromatic heterocycles. The summed E-state index contributed by atoms with van der Waals surface area (Å²) in [4.78, 5) is 13.8. The van der Waals surface area contributed by atoms with E-state index >= 15 is 0 Å². The molecule has 0 radical (unpaired) electrons. The van der Waals surface area contributed by atoms with Crippen LogP contribution in [0.2, 0.25) is 0 Å². The smallest absolute Gasteiger partial charge is 0.410 e. The molecular weight excluding hydrogens is 218 g/mol. The van der Waals surface area contributed by atoms with Gasteiger partial charge in [0.25, 0.3) is 0 Å². The van der Waals surface area contributed by atoms with Gasteiger partial charge >= 0.3 is 6.09 Å². The Kier molecular flexibility index (Phi) is 4.80. The summed E-state index contributed by atoms with van der Waals surface area (Å²) < 4.78 is 5.40. The van der Waals surface area contributed by atoms with E-state index in [9.17, 15) is 9.90 Å². The largest absolute Gasteiger partial charge is 0.444 e. The number of piperidine rings is 1. The zero-order valence-corrected chi connectivity index (χ0v) is 11.4. The van der Waals surface area contributed by atoms with Gasteiger partial charge in [-0.15, -0.1) is 0 Å². The number of aliphatic hydroxyl groups excluding tert-OH is 1. The fraction of sp³-hybridized carbons (Fsp3) is 0.923. The van der Waals surface area contributed by atoms with Crippen LogP contribution in [-0.4, -0.2) is 40.9 Å². The lowest BCUT2D eigenvalue weighted by molar-refractivity contribution is 0.000261. The predicted octanol–water partition coefficient (Wildman–Crippen LogP) is 2.40. The van der Waals surface area contributed by atoms with Crippen LogP contribution in [0.25, 0.3) is 0 Å². The quantitative estimate of drug-likeness (QED) is 0.810. The van der Waals surface area contributed by atoms with Gasteiger partial charge in [-0.2, -0.15) is 0 Å². The number of likely N-dealkylation sites (tertiary alicyclic amines) is 1. The highest BCUT2D eigenvalue weighted by Gasteiger charge is 2.32. The fourth-order valence-corrected chi connectivity index (χ4v) is 2.25. The molecule has 1 rings (SSSR count). The van der Waals surface area contributed by atoms with Crippen molar-refractivity contribution in [3.05, 3.63) is 0 Å². The Morgan fingerprint density at radius 3 is 2.59 bits per heavy atom. The first kappa shape index (κ1) is 14.3. The summed E-state index contributed by atoms with van der Waals surface area (Å²) in [6.07, 6.45) is 2.44. The summed E-state index contributed by atoms with van der Waals surface area (Å²) in [7, 11) is 0. The normalized spacial score (nSPS) is 25.8. The van der Waals surface area contributed by atoms with Crippen LogP contribution in [0, 0.1) is 5.92 Å². The number of aliphatic hydroxyl groups is 1. The molecule has 0 aromatic carbocycles. The standard InChI is InChI=1S/C13H25NO3/c1-5-11-8-10(9-15)6-7-14(11)12(16)17-13(2,3)4/h10-11,15H,5-9H2,1-4H3/t10-,11-/m1/s1. The van der Waals surface area contributed by atoms with E-state index in [1.54, 1.807) is 0 Å². The maximum absolute atomic E-state index is 12.0. The third-order valence-corrected chi connectivity index (χ3v) is 3.18. The number of hydrogen-bond donors (Lipinski definition) is 1. The fourth-order valence-electron chi connectivity index (χ4n) is 2.25. The van der Waals surface area contributed by atoms with Crippen LogP contribution in [0.5, 0.6) is 0 Å². The molecule has 1 saturated heterocycles. The second kappa shape index (κ2) is 5.71. The van der Waals surface area contributed by atoms with Gasteiger partial charge in [-0.25, -0.2) is 4.79 Å². The molecular formula is C13H25NO3. The third-order valence-electron chi connectivity index (χ3n) is 3.18. The average Bonchev–Trinajstić information content (AvgIpc) is 2.25. The summed E-state index contributed by atoms with van der Waals surface area (Å²) in [5.41, 5.74) is -0.441. The van der Waals surface area contributed by atoms with Crippen molar-refractivity contribution in [2.24, 2.45) is 5.92 Å². The van der Waals surface area contributed by atoms with Crippen LogP contribution < -0.4 is 0 Å². The summed E-state index contributed by atoms with van der Waals surface area (Å²) >= 11 is 0. The van der Waals surface area contributed by atoms with Gasteiger partial charge in [0.05, 0.1) is 0 Å². The molecule has 1 aliphatic rings. The summed E-state index contributed by atoms with van der Waals surface area (Å²) in [6.45, 7) is 8.63. The van der Waals surface area contributed by atoms with Crippen LogP contribution in [0.15, 0.2) is 0 Å². The lowest BCUT2D eigenvalue weighted by atomic mass is 9.90. The number of ether oxygens (including phenoxy) is 1. The molecule has 100 valence electrons. The number of amides is 1. The van der Waals surface area contributed by atoms with Crippen LogP contribution in [0.3, 0.4) is 0 Å².